The Hall–Kier alpha value is -3.24. The minimum atomic E-state index is -0.252. The Morgan fingerprint density at radius 1 is 1.10 bits per heavy atom. The van der Waals surface area contributed by atoms with Crippen molar-refractivity contribution in [2.75, 3.05) is 12.1 Å². The van der Waals surface area contributed by atoms with Crippen LogP contribution in [0.25, 0.3) is 0 Å². The number of aliphatic hydroxyl groups is 1. The third kappa shape index (κ3) is 4.44. The summed E-state index contributed by atoms with van der Waals surface area (Å²) in [6, 6.07) is 12.9. The summed E-state index contributed by atoms with van der Waals surface area (Å²) in [6.07, 6.45) is 2.95. The van der Waals surface area contributed by atoms with Gasteiger partial charge in [0.1, 0.15) is 0 Å². The van der Waals surface area contributed by atoms with E-state index < -0.39 is 0 Å². The molecule has 0 saturated heterocycles. The molecule has 2 aromatic carbocycles. The Kier molecular flexibility index (Phi) is 5.54. The number of aliphatic hydroxyl groups excluding tert-OH is 1. The Bertz CT molecular complexity index is 946. The smallest absolute Gasteiger partial charge is 0.253 e. The highest BCUT2D eigenvalue weighted by atomic mass is 16.7. The maximum atomic E-state index is 12.9. The summed E-state index contributed by atoms with van der Waals surface area (Å²) >= 11 is 0. The average molecular weight is 393 g/mol. The van der Waals surface area contributed by atoms with Crippen LogP contribution >= 0.6 is 0 Å². The van der Waals surface area contributed by atoms with Crippen LogP contribution in [0.1, 0.15) is 47.2 Å². The molecule has 29 heavy (non-hydrogen) atoms. The molecule has 150 valence electrons. The summed E-state index contributed by atoms with van der Waals surface area (Å²) in [5, 5.41) is 25.3. The third-order valence-corrected chi connectivity index (χ3v) is 5.34. The molecule has 0 unspecified atom stereocenters. The van der Waals surface area contributed by atoms with Gasteiger partial charge in [0.05, 0.1) is 23.3 Å². The van der Waals surface area contributed by atoms with E-state index >= 15 is 0 Å². The van der Waals surface area contributed by atoms with Crippen LogP contribution in [0.3, 0.4) is 0 Å². The molecule has 7 heteroatoms. The van der Waals surface area contributed by atoms with Gasteiger partial charge in [-0.05, 0) is 61.6 Å². The largest absolute Gasteiger partial charge is 0.454 e. The minimum absolute atomic E-state index is 0.201. The molecule has 0 aromatic heterocycles. The number of anilines is 1. The Morgan fingerprint density at radius 3 is 2.69 bits per heavy atom. The summed E-state index contributed by atoms with van der Waals surface area (Å²) in [5.74, 6) is 1.12. The molecule has 1 aliphatic heterocycles. The number of carbonyl (C=O) groups is 1. The molecule has 1 saturated carbocycles. The molecule has 0 atom stereocenters. The molecule has 1 aliphatic carbocycles. The second-order valence-corrected chi connectivity index (χ2v) is 7.39. The molecule has 1 amide bonds. The van der Waals surface area contributed by atoms with E-state index in [1.54, 1.807) is 18.2 Å². The van der Waals surface area contributed by atoms with Crippen LogP contribution in [-0.2, 0) is 6.54 Å². The lowest BCUT2D eigenvalue weighted by Gasteiger charge is -2.27. The number of nitriles is 1. The number of carbonyl (C=O) groups excluding carboxylic acids is 1. The van der Waals surface area contributed by atoms with Crippen LogP contribution < -0.4 is 20.1 Å². The average Bonchev–Trinajstić information content (AvgIpc) is 3.22. The van der Waals surface area contributed by atoms with Crippen LogP contribution in [0.2, 0.25) is 0 Å². The molecule has 7 nitrogen and oxygen atoms in total. The van der Waals surface area contributed by atoms with Crippen molar-refractivity contribution in [3.8, 4) is 17.6 Å². The summed E-state index contributed by atoms with van der Waals surface area (Å²) in [5.41, 5.74) is 2.47. The number of hydrogen-bond acceptors (Lipinski definition) is 6. The van der Waals surface area contributed by atoms with Gasteiger partial charge < -0.3 is 25.2 Å². The maximum Gasteiger partial charge on any atom is 0.253 e. The lowest BCUT2D eigenvalue weighted by Crippen LogP contribution is -2.30. The van der Waals surface area contributed by atoms with E-state index in [0.717, 1.165) is 31.2 Å². The molecular weight excluding hydrogens is 370 g/mol. The van der Waals surface area contributed by atoms with Crippen LogP contribution in [0.5, 0.6) is 11.5 Å². The predicted octanol–water partition coefficient (Wildman–Crippen LogP) is 2.93. The SMILES string of the molecule is N#Cc1ccc(NC2CCC(O)CC2)c(C(=O)NCc2ccc3c(c2)OCO3)c1. The highest BCUT2D eigenvalue weighted by molar-refractivity contribution is 6.00. The molecule has 1 heterocycles. The lowest BCUT2D eigenvalue weighted by molar-refractivity contribution is 0.0951. The van der Waals surface area contributed by atoms with Gasteiger partial charge in [0.25, 0.3) is 5.91 Å². The molecule has 2 aromatic rings. The number of ether oxygens (including phenoxy) is 2. The first-order chi connectivity index (χ1) is 14.1. The second kappa shape index (κ2) is 8.41. The standard InChI is InChI=1S/C22H23N3O4/c23-11-14-1-7-19(25-16-3-5-17(26)6-4-16)18(9-14)22(27)24-12-15-2-8-20-21(10-15)29-13-28-20/h1-2,7-10,16-17,25-26H,3-6,12-13H2,(H,24,27). The molecule has 0 spiro atoms. The van der Waals surface area contributed by atoms with Gasteiger partial charge in [-0.2, -0.15) is 5.26 Å². The summed E-state index contributed by atoms with van der Waals surface area (Å²) in [6.45, 7) is 0.542. The Morgan fingerprint density at radius 2 is 1.90 bits per heavy atom. The van der Waals surface area contributed by atoms with E-state index in [-0.39, 0.29) is 24.8 Å². The number of nitrogens with one attached hydrogen (secondary N) is 2. The zero-order valence-corrected chi connectivity index (χ0v) is 16.0. The lowest BCUT2D eigenvalue weighted by atomic mass is 9.92. The van der Waals surface area contributed by atoms with Crippen molar-refractivity contribution in [3.63, 3.8) is 0 Å². The summed E-state index contributed by atoms with van der Waals surface area (Å²) in [7, 11) is 0. The zero-order chi connectivity index (χ0) is 20.2. The van der Waals surface area contributed by atoms with Crippen molar-refractivity contribution >= 4 is 11.6 Å². The van der Waals surface area contributed by atoms with Crippen LogP contribution in [-0.4, -0.2) is 30.0 Å². The first-order valence-corrected chi connectivity index (χ1v) is 9.78. The Balaban J connectivity index is 1.46. The third-order valence-electron chi connectivity index (χ3n) is 5.34. The summed E-state index contributed by atoms with van der Waals surface area (Å²) in [4.78, 5) is 12.9. The number of amides is 1. The van der Waals surface area contributed by atoms with E-state index in [9.17, 15) is 15.2 Å². The van der Waals surface area contributed by atoms with Crippen molar-refractivity contribution < 1.29 is 19.4 Å². The normalized spacial score (nSPS) is 20.0. The number of benzene rings is 2. The van der Waals surface area contributed by atoms with Gasteiger partial charge in [-0.3, -0.25) is 4.79 Å². The number of rotatable bonds is 5. The first-order valence-electron chi connectivity index (χ1n) is 9.78. The molecule has 2 aliphatic rings. The van der Waals surface area contributed by atoms with Gasteiger partial charge >= 0.3 is 0 Å². The van der Waals surface area contributed by atoms with Crippen molar-refractivity contribution in [1.82, 2.24) is 5.32 Å². The molecular formula is C22H23N3O4. The number of hydrogen-bond donors (Lipinski definition) is 3. The van der Waals surface area contributed by atoms with E-state index in [1.807, 2.05) is 18.2 Å². The van der Waals surface area contributed by atoms with E-state index in [2.05, 4.69) is 16.7 Å². The number of fused-ring (bicyclic) bond motifs is 1. The van der Waals surface area contributed by atoms with Crippen molar-refractivity contribution in [3.05, 3.63) is 53.1 Å². The van der Waals surface area contributed by atoms with Crippen LogP contribution in [0, 0.1) is 11.3 Å². The fourth-order valence-electron chi connectivity index (χ4n) is 3.70. The van der Waals surface area contributed by atoms with Crippen molar-refractivity contribution in [2.45, 2.75) is 44.4 Å². The fourth-order valence-corrected chi connectivity index (χ4v) is 3.70. The highest BCUT2D eigenvalue weighted by Crippen LogP contribution is 2.32. The van der Waals surface area contributed by atoms with E-state index in [4.69, 9.17) is 9.47 Å². The molecule has 0 radical (unpaired) electrons. The summed E-state index contributed by atoms with van der Waals surface area (Å²) < 4.78 is 10.7. The molecule has 3 N–H and O–H groups in total. The monoisotopic (exact) mass is 393 g/mol. The maximum absolute atomic E-state index is 12.9. The highest BCUT2D eigenvalue weighted by Gasteiger charge is 2.21. The second-order valence-electron chi connectivity index (χ2n) is 7.39. The van der Waals surface area contributed by atoms with Crippen LogP contribution in [0.15, 0.2) is 36.4 Å². The van der Waals surface area contributed by atoms with Gasteiger partial charge in [-0.1, -0.05) is 6.07 Å². The van der Waals surface area contributed by atoms with Crippen LogP contribution in [0.4, 0.5) is 5.69 Å². The molecule has 1 fully saturated rings. The predicted molar refractivity (Wildman–Crippen MR) is 107 cm³/mol. The quantitative estimate of drug-likeness (QED) is 0.722. The van der Waals surface area contributed by atoms with E-state index in [1.165, 1.54) is 0 Å². The zero-order valence-electron chi connectivity index (χ0n) is 16.0. The minimum Gasteiger partial charge on any atom is -0.454 e. The topological polar surface area (TPSA) is 104 Å². The van der Waals surface area contributed by atoms with E-state index in [0.29, 0.717) is 34.9 Å². The van der Waals surface area contributed by atoms with Crippen molar-refractivity contribution in [2.24, 2.45) is 0 Å². The number of nitrogens with zero attached hydrogens (tertiary/aromatic N) is 1. The van der Waals surface area contributed by atoms with Gasteiger partial charge in [0, 0.05) is 18.3 Å². The van der Waals surface area contributed by atoms with Gasteiger partial charge in [-0.15, -0.1) is 0 Å². The fraction of sp³-hybridized carbons (Fsp3) is 0.364. The van der Waals surface area contributed by atoms with Crippen molar-refractivity contribution in [1.29, 1.82) is 5.26 Å². The van der Waals surface area contributed by atoms with Gasteiger partial charge in [-0.25, -0.2) is 0 Å². The molecule has 0 bridgehead atoms. The van der Waals surface area contributed by atoms with Gasteiger partial charge in [0.2, 0.25) is 6.79 Å². The Labute approximate surface area is 169 Å². The molecule has 4 rings (SSSR count). The van der Waals surface area contributed by atoms with Gasteiger partial charge in [0.15, 0.2) is 11.5 Å². The first kappa shape index (κ1) is 19.1.